The number of nitrogens with zero attached hydrogens (tertiary/aromatic N) is 2. The molecule has 0 bridgehead atoms. The first-order valence-electron chi connectivity index (χ1n) is 8.46. The lowest BCUT2D eigenvalue weighted by molar-refractivity contribution is 0.109. The number of benzene rings is 1. The van der Waals surface area contributed by atoms with E-state index < -0.39 is 0 Å². The van der Waals surface area contributed by atoms with Crippen molar-refractivity contribution in [3.8, 4) is 0 Å². The topological polar surface area (TPSA) is 6.48 Å². The highest BCUT2D eigenvalue weighted by molar-refractivity contribution is 6.42. The third-order valence-electron chi connectivity index (χ3n) is 5.46. The molecule has 122 valence electrons. The van der Waals surface area contributed by atoms with Crippen LogP contribution in [0.1, 0.15) is 37.7 Å². The van der Waals surface area contributed by atoms with Crippen LogP contribution in [0, 0.1) is 0 Å². The van der Waals surface area contributed by atoms with Gasteiger partial charge in [-0.05, 0) is 37.6 Å². The predicted octanol–water partition coefficient (Wildman–Crippen LogP) is 4.44. The zero-order valence-electron chi connectivity index (χ0n) is 13.5. The molecule has 2 nitrogen and oxygen atoms in total. The highest BCUT2D eigenvalue weighted by atomic mass is 35.5. The molecular weight excluding hydrogens is 315 g/mol. The summed E-state index contributed by atoms with van der Waals surface area (Å²) in [6.07, 6.45) is 6.57. The van der Waals surface area contributed by atoms with Crippen LogP contribution in [0.2, 0.25) is 10.0 Å². The second-order valence-corrected chi connectivity index (χ2v) is 7.86. The quantitative estimate of drug-likeness (QED) is 0.802. The number of piperazine rings is 1. The Hall–Kier alpha value is -0.280. The van der Waals surface area contributed by atoms with Crippen molar-refractivity contribution in [3.05, 3.63) is 33.8 Å². The molecule has 1 aromatic carbocycles. The zero-order valence-corrected chi connectivity index (χ0v) is 15.0. The van der Waals surface area contributed by atoms with Crippen LogP contribution in [-0.4, -0.2) is 49.6 Å². The molecule has 1 aliphatic carbocycles. The van der Waals surface area contributed by atoms with Crippen molar-refractivity contribution >= 4 is 23.2 Å². The molecule has 0 unspecified atom stereocenters. The smallest absolute Gasteiger partial charge is 0.0595 e. The van der Waals surface area contributed by atoms with Crippen molar-refractivity contribution < 1.29 is 0 Å². The lowest BCUT2D eigenvalue weighted by Gasteiger charge is -2.44. The molecular formula is C18H26Cl2N2. The van der Waals surface area contributed by atoms with Crippen molar-refractivity contribution in [1.82, 2.24) is 9.80 Å². The van der Waals surface area contributed by atoms with Crippen molar-refractivity contribution in [1.29, 1.82) is 0 Å². The molecule has 1 aromatic rings. The van der Waals surface area contributed by atoms with Crippen LogP contribution >= 0.6 is 23.2 Å². The number of halogens is 2. The molecule has 0 N–H and O–H groups in total. The highest BCUT2D eigenvalue weighted by Crippen LogP contribution is 2.42. The van der Waals surface area contributed by atoms with E-state index in [1.807, 2.05) is 6.07 Å². The maximum absolute atomic E-state index is 6.30. The third kappa shape index (κ3) is 3.62. The Labute approximate surface area is 144 Å². The summed E-state index contributed by atoms with van der Waals surface area (Å²) in [5, 5.41) is 1.36. The van der Waals surface area contributed by atoms with Gasteiger partial charge in [-0.2, -0.15) is 0 Å². The molecule has 22 heavy (non-hydrogen) atoms. The molecule has 0 amide bonds. The predicted molar refractivity (Wildman–Crippen MR) is 95.2 cm³/mol. The SMILES string of the molecule is CN1CCN(CC2(c3ccc(Cl)c(Cl)c3)CCCCC2)CC1. The molecule has 1 heterocycles. The Kier molecular flexibility index (Phi) is 5.34. The minimum absolute atomic E-state index is 0.266. The van der Waals surface area contributed by atoms with Crippen LogP contribution in [0.4, 0.5) is 0 Å². The first-order chi connectivity index (χ1) is 10.6. The monoisotopic (exact) mass is 340 g/mol. The summed E-state index contributed by atoms with van der Waals surface area (Å²) >= 11 is 12.4. The lowest BCUT2D eigenvalue weighted by Crippen LogP contribution is -2.50. The molecule has 0 spiro atoms. The van der Waals surface area contributed by atoms with E-state index in [-0.39, 0.29) is 5.41 Å². The van der Waals surface area contributed by atoms with Gasteiger partial charge in [0.2, 0.25) is 0 Å². The molecule has 1 saturated carbocycles. The van der Waals surface area contributed by atoms with E-state index >= 15 is 0 Å². The van der Waals surface area contributed by atoms with E-state index in [9.17, 15) is 0 Å². The largest absolute Gasteiger partial charge is 0.304 e. The van der Waals surface area contributed by atoms with Gasteiger partial charge >= 0.3 is 0 Å². The summed E-state index contributed by atoms with van der Waals surface area (Å²) in [5.74, 6) is 0. The number of hydrogen-bond donors (Lipinski definition) is 0. The first kappa shape index (κ1) is 16.6. The van der Waals surface area contributed by atoms with Gasteiger partial charge in [0.25, 0.3) is 0 Å². The Bertz CT molecular complexity index is 504. The second-order valence-electron chi connectivity index (χ2n) is 7.05. The lowest BCUT2D eigenvalue weighted by atomic mass is 9.69. The van der Waals surface area contributed by atoms with E-state index in [1.165, 1.54) is 70.4 Å². The molecule has 1 saturated heterocycles. The van der Waals surface area contributed by atoms with Gasteiger partial charge in [0.05, 0.1) is 10.0 Å². The molecule has 0 atom stereocenters. The summed E-state index contributed by atoms with van der Waals surface area (Å²) in [5.41, 5.74) is 1.66. The highest BCUT2D eigenvalue weighted by Gasteiger charge is 2.36. The fraction of sp³-hybridized carbons (Fsp3) is 0.667. The normalized spacial score (nSPS) is 23.6. The molecule has 0 aromatic heterocycles. The fourth-order valence-corrected chi connectivity index (χ4v) is 4.32. The van der Waals surface area contributed by atoms with E-state index in [1.54, 1.807) is 0 Å². The molecule has 2 fully saturated rings. The fourth-order valence-electron chi connectivity index (χ4n) is 4.03. The van der Waals surface area contributed by atoms with Crippen LogP contribution in [0.25, 0.3) is 0 Å². The number of rotatable bonds is 3. The molecule has 4 heteroatoms. The van der Waals surface area contributed by atoms with Gasteiger partial charge in [0.1, 0.15) is 0 Å². The van der Waals surface area contributed by atoms with Gasteiger partial charge in [0.15, 0.2) is 0 Å². The molecule has 1 aliphatic heterocycles. The van der Waals surface area contributed by atoms with Crippen LogP contribution in [0.5, 0.6) is 0 Å². The summed E-state index contributed by atoms with van der Waals surface area (Å²) in [7, 11) is 2.21. The minimum Gasteiger partial charge on any atom is -0.304 e. The van der Waals surface area contributed by atoms with Gasteiger partial charge in [-0.25, -0.2) is 0 Å². The Morgan fingerprint density at radius 3 is 2.27 bits per heavy atom. The van der Waals surface area contributed by atoms with Crippen molar-refractivity contribution in [2.24, 2.45) is 0 Å². The second kappa shape index (κ2) is 7.09. The zero-order chi connectivity index (χ0) is 15.6. The molecule has 2 aliphatic rings. The molecule has 0 radical (unpaired) electrons. The first-order valence-corrected chi connectivity index (χ1v) is 9.21. The summed E-state index contributed by atoms with van der Waals surface area (Å²) in [6.45, 7) is 5.88. The number of likely N-dealkylation sites (N-methyl/N-ethyl adjacent to an activating group) is 1. The van der Waals surface area contributed by atoms with Gasteiger partial charge in [-0.1, -0.05) is 48.5 Å². The average molecular weight is 341 g/mol. The van der Waals surface area contributed by atoms with E-state index in [0.29, 0.717) is 10.0 Å². The van der Waals surface area contributed by atoms with Gasteiger partial charge < -0.3 is 4.90 Å². The van der Waals surface area contributed by atoms with Gasteiger partial charge in [-0.3, -0.25) is 4.90 Å². The van der Waals surface area contributed by atoms with E-state index in [2.05, 4.69) is 29.0 Å². The van der Waals surface area contributed by atoms with Gasteiger partial charge in [0, 0.05) is 38.1 Å². The van der Waals surface area contributed by atoms with E-state index in [0.717, 1.165) is 0 Å². The Balaban J connectivity index is 1.82. The van der Waals surface area contributed by atoms with Crippen molar-refractivity contribution in [2.45, 2.75) is 37.5 Å². The average Bonchev–Trinajstić information content (AvgIpc) is 2.53. The van der Waals surface area contributed by atoms with Crippen molar-refractivity contribution in [3.63, 3.8) is 0 Å². The Morgan fingerprint density at radius 2 is 1.64 bits per heavy atom. The third-order valence-corrected chi connectivity index (χ3v) is 6.20. The maximum atomic E-state index is 6.30. The minimum atomic E-state index is 0.266. The van der Waals surface area contributed by atoms with Crippen LogP contribution in [0.3, 0.4) is 0 Å². The summed E-state index contributed by atoms with van der Waals surface area (Å²) < 4.78 is 0. The van der Waals surface area contributed by atoms with E-state index in [4.69, 9.17) is 23.2 Å². The Morgan fingerprint density at radius 1 is 0.955 bits per heavy atom. The summed E-state index contributed by atoms with van der Waals surface area (Å²) in [4.78, 5) is 5.07. The van der Waals surface area contributed by atoms with Crippen LogP contribution < -0.4 is 0 Å². The summed E-state index contributed by atoms with van der Waals surface area (Å²) in [6, 6.07) is 6.29. The standard InChI is InChI=1S/C18H26Cl2N2/c1-21-9-11-22(12-10-21)14-18(7-3-2-4-8-18)15-5-6-16(19)17(20)13-15/h5-6,13H,2-4,7-12,14H2,1H3. The van der Waals surface area contributed by atoms with Crippen LogP contribution in [-0.2, 0) is 5.41 Å². The molecule has 3 rings (SSSR count). The van der Waals surface area contributed by atoms with Crippen LogP contribution in [0.15, 0.2) is 18.2 Å². The maximum Gasteiger partial charge on any atom is 0.0595 e. The van der Waals surface area contributed by atoms with Crippen molar-refractivity contribution in [2.75, 3.05) is 39.8 Å². The van der Waals surface area contributed by atoms with Gasteiger partial charge in [-0.15, -0.1) is 0 Å². The number of hydrogen-bond acceptors (Lipinski definition) is 2.